The summed E-state index contributed by atoms with van der Waals surface area (Å²) in [5.74, 6) is -1.38. The van der Waals surface area contributed by atoms with Gasteiger partial charge in [-0.3, -0.25) is 9.59 Å². The highest BCUT2D eigenvalue weighted by Crippen LogP contribution is 1.97. The van der Waals surface area contributed by atoms with Crippen LogP contribution in [0.3, 0.4) is 0 Å². The lowest BCUT2D eigenvalue weighted by Crippen LogP contribution is -2.33. The van der Waals surface area contributed by atoms with E-state index in [-0.39, 0.29) is 25.4 Å². The summed E-state index contributed by atoms with van der Waals surface area (Å²) in [5.41, 5.74) is 6.08. The van der Waals surface area contributed by atoms with E-state index in [1.165, 1.54) is 0 Å². The van der Waals surface area contributed by atoms with Gasteiger partial charge in [-0.05, 0) is 12.8 Å². The molecule has 0 spiro atoms. The number of hydrogen-bond acceptors (Lipinski definition) is 10. The summed E-state index contributed by atoms with van der Waals surface area (Å²) in [6.07, 6.45) is 5.16. The van der Waals surface area contributed by atoms with Crippen LogP contribution in [0.15, 0.2) is 6.20 Å². The summed E-state index contributed by atoms with van der Waals surface area (Å²) in [4.78, 5) is 33.7. The number of amides is 2. The number of carboxylic acid groups (broad SMARTS) is 1. The standard InChI is InChI=1S/C23H42N6O8/c1-2-3-4-8-26-23(33)37-11-7-19-18-29(28-27-19)10-13-35-15-17-36-16-14-34-12-9-25-21(30)6-5-20(24)22(31)32/h18,20H,2-17,24H2,1H3,(H,25,30)(H,26,33)(H,31,32). The van der Waals surface area contributed by atoms with Crippen LogP contribution in [0.4, 0.5) is 4.79 Å². The molecule has 1 unspecified atom stereocenters. The Kier molecular flexibility index (Phi) is 18.5. The molecule has 1 rings (SSSR count). The summed E-state index contributed by atoms with van der Waals surface area (Å²) in [6.45, 7) is 6.26. The maximum Gasteiger partial charge on any atom is 0.407 e. The van der Waals surface area contributed by atoms with Crippen LogP contribution in [0, 0.1) is 0 Å². The van der Waals surface area contributed by atoms with Gasteiger partial charge in [-0.25, -0.2) is 9.48 Å². The molecule has 0 aliphatic rings. The minimum absolute atomic E-state index is 0.0585. The number of unbranched alkanes of at least 4 members (excludes halogenated alkanes) is 2. The molecule has 37 heavy (non-hydrogen) atoms. The summed E-state index contributed by atoms with van der Waals surface area (Å²) in [6, 6.07) is -1.03. The second-order valence-electron chi connectivity index (χ2n) is 8.16. The molecule has 0 bridgehead atoms. The first-order chi connectivity index (χ1) is 17.9. The van der Waals surface area contributed by atoms with E-state index >= 15 is 0 Å². The highest BCUT2D eigenvalue weighted by molar-refractivity contribution is 5.78. The maximum atomic E-state index is 11.6. The summed E-state index contributed by atoms with van der Waals surface area (Å²) in [7, 11) is 0. The van der Waals surface area contributed by atoms with Crippen molar-refractivity contribution < 1.29 is 38.4 Å². The van der Waals surface area contributed by atoms with E-state index in [0.717, 1.165) is 25.0 Å². The number of rotatable bonds is 23. The van der Waals surface area contributed by atoms with Gasteiger partial charge in [0, 0.05) is 32.1 Å². The fourth-order valence-corrected chi connectivity index (χ4v) is 2.89. The molecule has 14 nitrogen and oxygen atoms in total. The van der Waals surface area contributed by atoms with Crippen LogP contribution in [0.1, 0.15) is 44.7 Å². The second-order valence-corrected chi connectivity index (χ2v) is 8.16. The van der Waals surface area contributed by atoms with Crippen LogP contribution < -0.4 is 16.4 Å². The predicted octanol–water partition coefficient (Wildman–Crippen LogP) is 0.0951. The first kappa shape index (κ1) is 32.2. The zero-order valence-corrected chi connectivity index (χ0v) is 21.7. The Balaban J connectivity index is 1.90. The van der Waals surface area contributed by atoms with Crippen molar-refractivity contribution in [1.29, 1.82) is 0 Å². The van der Waals surface area contributed by atoms with Crippen molar-refractivity contribution >= 4 is 18.0 Å². The number of nitrogens with zero attached hydrogens (tertiary/aromatic N) is 3. The highest BCUT2D eigenvalue weighted by atomic mass is 16.6. The number of nitrogens with two attached hydrogens (primary N) is 1. The van der Waals surface area contributed by atoms with Crippen molar-refractivity contribution in [3.8, 4) is 0 Å². The smallest absolute Gasteiger partial charge is 0.407 e. The quantitative estimate of drug-likeness (QED) is 0.140. The third-order valence-electron chi connectivity index (χ3n) is 5.00. The molecule has 2 amide bonds. The maximum absolute atomic E-state index is 11.6. The molecular formula is C23H42N6O8. The van der Waals surface area contributed by atoms with E-state index in [4.69, 9.17) is 29.8 Å². The van der Waals surface area contributed by atoms with Gasteiger partial charge in [-0.15, -0.1) is 5.10 Å². The molecule has 14 heteroatoms. The first-order valence-corrected chi connectivity index (χ1v) is 12.7. The lowest BCUT2D eigenvalue weighted by atomic mass is 10.1. The number of aromatic nitrogens is 3. The molecule has 0 fully saturated rings. The van der Waals surface area contributed by atoms with Crippen molar-refractivity contribution in [3.63, 3.8) is 0 Å². The SMILES string of the molecule is CCCCCNC(=O)OCCc1cn(CCOCCOCCOCCNC(=O)CCC(N)C(=O)O)nn1. The number of hydrogen-bond donors (Lipinski definition) is 4. The molecule has 0 saturated carbocycles. The largest absolute Gasteiger partial charge is 0.480 e. The van der Waals surface area contributed by atoms with Crippen LogP contribution in [-0.4, -0.2) is 103 Å². The molecule has 5 N–H and O–H groups in total. The fraction of sp³-hybridized carbons (Fsp3) is 0.783. The van der Waals surface area contributed by atoms with E-state index in [1.54, 1.807) is 10.9 Å². The molecule has 1 aromatic rings. The zero-order chi connectivity index (χ0) is 27.1. The Labute approximate surface area is 217 Å². The molecule has 1 atom stereocenters. The van der Waals surface area contributed by atoms with Gasteiger partial charge >= 0.3 is 12.1 Å². The molecule has 0 saturated heterocycles. The number of aliphatic carboxylic acids is 1. The van der Waals surface area contributed by atoms with Gasteiger partial charge in [0.15, 0.2) is 0 Å². The van der Waals surface area contributed by atoms with Gasteiger partial charge in [-0.1, -0.05) is 25.0 Å². The number of carbonyl (C=O) groups is 3. The summed E-state index contributed by atoms with van der Waals surface area (Å²) < 4.78 is 23.1. The van der Waals surface area contributed by atoms with Gasteiger partial charge in [0.25, 0.3) is 0 Å². The minimum Gasteiger partial charge on any atom is -0.480 e. The number of ether oxygens (including phenoxy) is 4. The average molecular weight is 531 g/mol. The molecule has 0 aliphatic heterocycles. The molecular weight excluding hydrogens is 488 g/mol. The zero-order valence-electron chi connectivity index (χ0n) is 21.7. The Hall–Kier alpha value is -2.81. The minimum atomic E-state index is -1.12. The molecule has 0 aromatic carbocycles. The Morgan fingerprint density at radius 3 is 2.41 bits per heavy atom. The molecule has 1 heterocycles. The number of carboxylic acids is 1. The third-order valence-corrected chi connectivity index (χ3v) is 5.00. The van der Waals surface area contributed by atoms with Crippen molar-refractivity contribution in [2.75, 3.05) is 59.3 Å². The van der Waals surface area contributed by atoms with Crippen molar-refractivity contribution in [2.24, 2.45) is 5.73 Å². The second kappa shape index (κ2) is 21.3. The van der Waals surface area contributed by atoms with Crippen molar-refractivity contribution in [3.05, 3.63) is 11.9 Å². The molecule has 212 valence electrons. The van der Waals surface area contributed by atoms with E-state index in [0.29, 0.717) is 65.7 Å². The third kappa shape index (κ3) is 18.1. The molecule has 1 aromatic heterocycles. The predicted molar refractivity (Wildman–Crippen MR) is 133 cm³/mol. The van der Waals surface area contributed by atoms with Gasteiger partial charge in [0.1, 0.15) is 6.04 Å². The normalized spacial score (nSPS) is 11.7. The van der Waals surface area contributed by atoms with E-state index < -0.39 is 18.1 Å². The van der Waals surface area contributed by atoms with Gasteiger partial charge < -0.3 is 40.4 Å². The highest BCUT2D eigenvalue weighted by Gasteiger charge is 2.13. The number of alkyl carbamates (subject to hydrolysis) is 1. The molecule has 0 aliphatic carbocycles. The van der Waals surface area contributed by atoms with Crippen LogP contribution in [-0.2, 0) is 41.5 Å². The van der Waals surface area contributed by atoms with Crippen LogP contribution in [0.25, 0.3) is 0 Å². The van der Waals surface area contributed by atoms with Gasteiger partial charge in [0.2, 0.25) is 5.91 Å². The monoisotopic (exact) mass is 530 g/mol. The number of carbonyl (C=O) groups excluding carboxylic acids is 2. The lowest BCUT2D eigenvalue weighted by molar-refractivity contribution is -0.138. The first-order valence-electron chi connectivity index (χ1n) is 12.7. The fourth-order valence-electron chi connectivity index (χ4n) is 2.89. The van der Waals surface area contributed by atoms with E-state index in [2.05, 4.69) is 27.9 Å². The lowest BCUT2D eigenvalue weighted by Gasteiger charge is -2.09. The van der Waals surface area contributed by atoms with Gasteiger partial charge in [0.05, 0.1) is 58.5 Å². The Bertz CT molecular complexity index is 763. The Morgan fingerprint density at radius 1 is 1.00 bits per heavy atom. The average Bonchev–Trinajstić information content (AvgIpc) is 3.33. The topological polar surface area (TPSA) is 189 Å². The molecule has 0 radical (unpaired) electrons. The van der Waals surface area contributed by atoms with Gasteiger partial charge in [-0.2, -0.15) is 0 Å². The van der Waals surface area contributed by atoms with Crippen LogP contribution in [0.2, 0.25) is 0 Å². The summed E-state index contributed by atoms with van der Waals surface area (Å²) in [5, 5.41) is 22.1. The Morgan fingerprint density at radius 2 is 1.70 bits per heavy atom. The van der Waals surface area contributed by atoms with Crippen LogP contribution >= 0.6 is 0 Å². The van der Waals surface area contributed by atoms with E-state index in [1.807, 2.05) is 0 Å². The van der Waals surface area contributed by atoms with Crippen molar-refractivity contribution in [1.82, 2.24) is 25.6 Å². The number of nitrogens with one attached hydrogen (secondary N) is 2. The van der Waals surface area contributed by atoms with Crippen LogP contribution in [0.5, 0.6) is 0 Å². The van der Waals surface area contributed by atoms with Crippen molar-refractivity contribution in [2.45, 2.75) is 58.0 Å². The summed E-state index contributed by atoms with van der Waals surface area (Å²) >= 11 is 0. The van der Waals surface area contributed by atoms with E-state index in [9.17, 15) is 14.4 Å².